The highest BCUT2D eigenvalue weighted by atomic mass is 16.5. The highest BCUT2D eigenvalue weighted by Gasteiger charge is 2.30. The molecule has 1 atom stereocenters. The van der Waals surface area contributed by atoms with Crippen LogP contribution in [-0.2, 0) is 0 Å². The SMILES string of the molecule is Cc1c(N/N=C\CC2CCCCC2)cc(OC2CCCCC2)nc1N1CCC(N2CCCCCC2)C1. The molecule has 2 aliphatic carbocycles. The molecule has 200 valence electrons. The summed E-state index contributed by atoms with van der Waals surface area (Å²) in [5.41, 5.74) is 5.63. The van der Waals surface area contributed by atoms with Crippen molar-refractivity contribution < 1.29 is 4.74 Å². The third kappa shape index (κ3) is 6.93. The molecule has 1 aromatic heterocycles. The Labute approximate surface area is 219 Å². The number of hydrogen-bond donors (Lipinski definition) is 1. The summed E-state index contributed by atoms with van der Waals surface area (Å²) in [6.07, 6.45) is 23.3. The van der Waals surface area contributed by atoms with Crippen LogP contribution in [0.4, 0.5) is 11.5 Å². The normalized spacial score (nSPS) is 25.4. The van der Waals surface area contributed by atoms with Crippen molar-refractivity contribution in [3.05, 3.63) is 11.6 Å². The van der Waals surface area contributed by atoms with E-state index in [9.17, 15) is 0 Å². The van der Waals surface area contributed by atoms with Gasteiger partial charge in [-0.1, -0.05) is 51.4 Å². The lowest BCUT2D eigenvalue weighted by Crippen LogP contribution is -2.38. The Hall–Kier alpha value is -1.82. The molecule has 1 N–H and O–H groups in total. The molecular weight excluding hydrogens is 446 g/mol. The summed E-state index contributed by atoms with van der Waals surface area (Å²) < 4.78 is 6.47. The molecular formula is C30H49N5O. The fourth-order valence-electron chi connectivity index (χ4n) is 6.84. The van der Waals surface area contributed by atoms with Crippen LogP contribution in [0.5, 0.6) is 5.88 Å². The second-order valence-electron chi connectivity index (χ2n) is 11.8. The molecule has 5 rings (SSSR count). The summed E-state index contributed by atoms with van der Waals surface area (Å²) in [6, 6.07) is 2.74. The van der Waals surface area contributed by atoms with Gasteiger partial charge in [-0.25, -0.2) is 0 Å². The maximum Gasteiger partial charge on any atom is 0.217 e. The third-order valence-corrected chi connectivity index (χ3v) is 9.12. The first-order valence-electron chi connectivity index (χ1n) is 15.2. The number of nitrogens with zero attached hydrogens (tertiary/aromatic N) is 4. The molecule has 6 heteroatoms. The van der Waals surface area contributed by atoms with E-state index < -0.39 is 0 Å². The van der Waals surface area contributed by atoms with Crippen molar-refractivity contribution in [2.45, 2.75) is 122 Å². The second kappa shape index (κ2) is 13.1. The van der Waals surface area contributed by atoms with Crippen LogP contribution in [0.2, 0.25) is 0 Å². The Morgan fingerprint density at radius 3 is 2.36 bits per heavy atom. The number of ether oxygens (including phenoxy) is 1. The Morgan fingerprint density at radius 2 is 1.61 bits per heavy atom. The van der Waals surface area contributed by atoms with E-state index in [1.54, 1.807) is 0 Å². The summed E-state index contributed by atoms with van der Waals surface area (Å²) in [4.78, 5) is 10.4. The molecule has 0 radical (unpaired) electrons. The van der Waals surface area contributed by atoms with E-state index in [0.717, 1.165) is 55.7 Å². The van der Waals surface area contributed by atoms with Crippen LogP contribution < -0.4 is 15.1 Å². The predicted octanol–water partition coefficient (Wildman–Crippen LogP) is 6.92. The fraction of sp³-hybridized carbons (Fsp3) is 0.800. The Kier molecular flexibility index (Phi) is 9.41. The van der Waals surface area contributed by atoms with E-state index in [1.165, 1.54) is 102 Å². The zero-order valence-corrected chi connectivity index (χ0v) is 22.7. The summed E-state index contributed by atoms with van der Waals surface area (Å²) in [7, 11) is 0. The van der Waals surface area contributed by atoms with Gasteiger partial charge in [0.05, 0.1) is 5.69 Å². The van der Waals surface area contributed by atoms with Crippen LogP contribution >= 0.6 is 0 Å². The van der Waals surface area contributed by atoms with E-state index in [-0.39, 0.29) is 0 Å². The van der Waals surface area contributed by atoms with Crippen molar-refractivity contribution in [2.75, 3.05) is 36.5 Å². The van der Waals surface area contributed by atoms with Crippen molar-refractivity contribution in [3.8, 4) is 5.88 Å². The quantitative estimate of drug-likeness (QED) is 0.313. The first-order valence-corrected chi connectivity index (χ1v) is 15.2. The van der Waals surface area contributed by atoms with Gasteiger partial charge < -0.3 is 9.64 Å². The van der Waals surface area contributed by atoms with Gasteiger partial charge >= 0.3 is 0 Å². The Morgan fingerprint density at radius 1 is 0.917 bits per heavy atom. The monoisotopic (exact) mass is 495 g/mol. The van der Waals surface area contributed by atoms with Gasteiger partial charge in [0.2, 0.25) is 5.88 Å². The van der Waals surface area contributed by atoms with E-state index in [4.69, 9.17) is 9.72 Å². The fourth-order valence-corrected chi connectivity index (χ4v) is 6.84. The zero-order valence-electron chi connectivity index (χ0n) is 22.7. The minimum atomic E-state index is 0.299. The van der Waals surface area contributed by atoms with Crippen LogP contribution in [0.15, 0.2) is 11.2 Å². The minimum Gasteiger partial charge on any atom is -0.474 e. The molecule has 0 bridgehead atoms. The molecule has 0 amide bonds. The predicted molar refractivity (Wildman–Crippen MR) is 150 cm³/mol. The number of hydrazone groups is 1. The van der Waals surface area contributed by atoms with Gasteiger partial charge in [0.25, 0.3) is 0 Å². The molecule has 1 unspecified atom stereocenters. The number of hydrogen-bond acceptors (Lipinski definition) is 6. The van der Waals surface area contributed by atoms with E-state index in [2.05, 4.69) is 39.5 Å². The number of aromatic nitrogens is 1. The van der Waals surface area contributed by atoms with Gasteiger partial charge in [0.15, 0.2) is 0 Å². The number of nitrogens with one attached hydrogen (secondary N) is 1. The van der Waals surface area contributed by atoms with E-state index in [1.807, 2.05) is 0 Å². The maximum atomic E-state index is 6.47. The topological polar surface area (TPSA) is 53.0 Å². The lowest BCUT2D eigenvalue weighted by Gasteiger charge is -2.28. The Balaban J connectivity index is 1.29. The van der Waals surface area contributed by atoms with E-state index in [0.29, 0.717) is 12.1 Å². The Bertz CT molecular complexity index is 838. The van der Waals surface area contributed by atoms with E-state index >= 15 is 0 Å². The third-order valence-electron chi connectivity index (χ3n) is 9.12. The molecule has 0 spiro atoms. The summed E-state index contributed by atoms with van der Waals surface area (Å²) >= 11 is 0. The van der Waals surface area contributed by atoms with Crippen molar-refractivity contribution >= 4 is 17.7 Å². The molecule has 2 aliphatic heterocycles. The molecule has 3 heterocycles. The molecule has 4 fully saturated rings. The largest absolute Gasteiger partial charge is 0.474 e. The highest BCUT2D eigenvalue weighted by Crippen LogP contribution is 2.34. The summed E-state index contributed by atoms with van der Waals surface area (Å²) in [5.74, 6) is 2.67. The standard InChI is InChI=1S/C30H49N5O/c1-24-28(33-31-18-16-25-12-6-4-7-13-25)22-29(36-27-14-8-5-9-15-27)32-30(24)35-21-17-26(23-35)34-19-10-2-3-11-20-34/h18,22,25-27H,2-17,19-21,23H2,1H3,(H,32,33)/b31-18-. The smallest absolute Gasteiger partial charge is 0.217 e. The first-order chi connectivity index (χ1) is 17.8. The molecule has 2 saturated carbocycles. The van der Waals surface area contributed by atoms with Gasteiger partial charge in [-0.3, -0.25) is 10.3 Å². The highest BCUT2D eigenvalue weighted by molar-refractivity contribution is 5.67. The number of rotatable bonds is 8. The number of pyridine rings is 1. The van der Waals surface area contributed by atoms with Crippen molar-refractivity contribution in [1.82, 2.24) is 9.88 Å². The summed E-state index contributed by atoms with van der Waals surface area (Å²) in [5, 5.41) is 4.67. The molecule has 1 aromatic rings. The number of likely N-dealkylation sites (tertiary alicyclic amines) is 1. The lowest BCUT2D eigenvalue weighted by atomic mass is 9.87. The lowest BCUT2D eigenvalue weighted by molar-refractivity contribution is 0.149. The molecule has 2 saturated heterocycles. The maximum absolute atomic E-state index is 6.47. The average molecular weight is 496 g/mol. The van der Waals surface area contributed by atoms with Crippen molar-refractivity contribution in [1.29, 1.82) is 0 Å². The van der Waals surface area contributed by atoms with Crippen LogP contribution in [-0.4, -0.2) is 54.4 Å². The average Bonchev–Trinajstić information content (AvgIpc) is 3.24. The van der Waals surface area contributed by atoms with Gasteiger partial charge in [-0.15, -0.1) is 0 Å². The first kappa shape index (κ1) is 25.8. The van der Waals surface area contributed by atoms with Gasteiger partial charge in [0, 0.05) is 37.0 Å². The van der Waals surface area contributed by atoms with Gasteiger partial charge in [-0.05, 0) is 77.3 Å². The van der Waals surface area contributed by atoms with Crippen LogP contribution in [0, 0.1) is 12.8 Å². The molecule has 36 heavy (non-hydrogen) atoms. The van der Waals surface area contributed by atoms with Crippen molar-refractivity contribution in [3.63, 3.8) is 0 Å². The second-order valence-corrected chi connectivity index (χ2v) is 11.8. The molecule has 4 aliphatic rings. The minimum absolute atomic E-state index is 0.299. The van der Waals surface area contributed by atoms with Gasteiger partial charge in [-0.2, -0.15) is 10.1 Å². The molecule has 6 nitrogen and oxygen atoms in total. The summed E-state index contributed by atoms with van der Waals surface area (Å²) in [6.45, 7) is 6.87. The zero-order chi connectivity index (χ0) is 24.6. The molecule has 0 aromatic carbocycles. The van der Waals surface area contributed by atoms with Crippen molar-refractivity contribution in [2.24, 2.45) is 11.0 Å². The van der Waals surface area contributed by atoms with Crippen LogP contribution in [0.1, 0.15) is 108 Å². The van der Waals surface area contributed by atoms with Gasteiger partial charge in [0.1, 0.15) is 11.9 Å². The van der Waals surface area contributed by atoms with Crippen LogP contribution in [0.25, 0.3) is 0 Å². The van der Waals surface area contributed by atoms with Crippen LogP contribution in [0.3, 0.4) is 0 Å². The number of anilines is 2.